The summed E-state index contributed by atoms with van der Waals surface area (Å²) in [6.07, 6.45) is 3.87. The highest BCUT2D eigenvalue weighted by molar-refractivity contribution is 6.08. The predicted octanol–water partition coefficient (Wildman–Crippen LogP) is 4.55. The number of aryl methyl sites for hydroxylation is 1. The van der Waals surface area contributed by atoms with Gasteiger partial charge in [-0.05, 0) is 65.9 Å². The molecule has 9 heteroatoms. The van der Waals surface area contributed by atoms with Crippen molar-refractivity contribution in [3.05, 3.63) is 99.7 Å². The second-order valence-electron chi connectivity index (χ2n) is 8.99. The molecule has 0 bridgehead atoms. The third-order valence-corrected chi connectivity index (χ3v) is 6.47. The van der Waals surface area contributed by atoms with E-state index in [1.165, 1.54) is 11.6 Å². The van der Waals surface area contributed by atoms with Crippen molar-refractivity contribution in [3.8, 4) is 17.3 Å². The number of para-hydroxylation sites is 1. The first kappa shape index (κ1) is 22.7. The fourth-order valence-corrected chi connectivity index (χ4v) is 4.65. The second kappa shape index (κ2) is 9.69. The van der Waals surface area contributed by atoms with Gasteiger partial charge < -0.3 is 14.5 Å². The Bertz CT molecular complexity index is 1630. The molecule has 0 saturated carbocycles. The van der Waals surface area contributed by atoms with Crippen LogP contribution in [0.5, 0.6) is 5.75 Å². The number of tetrazole rings is 1. The van der Waals surface area contributed by atoms with Crippen molar-refractivity contribution in [1.82, 2.24) is 20.6 Å². The predicted molar refractivity (Wildman–Crippen MR) is 138 cm³/mol. The Morgan fingerprint density at radius 2 is 1.95 bits per heavy atom. The standard InChI is InChI=1S/C28H23N5O4/c34-23-16-25(27-30-32-33-31-27)37-26-21(23)10-5-11-22(26)29-28(35)18-12-13-24-19(14-18)15-20(36-24)9-4-8-17-6-2-1-3-7-17/h1-3,5-7,10-14,16,20H,4,8-9,15H2,(H,29,35)(H,30,31,32,33). The lowest BCUT2D eigenvalue weighted by molar-refractivity contribution is 0.102. The highest BCUT2D eigenvalue weighted by Crippen LogP contribution is 2.32. The number of carbonyl (C=O) groups excluding carboxylic acids is 1. The summed E-state index contributed by atoms with van der Waals surface area (Å²) >= 11 is 0. The number of fused-ring (bicyclic) bond motifs is 2. The lowest BCUT2D eigenvalue weighted by atomic mass is 10.0. The van der Waals surface area contributed by atoms with Gasteiger partial charge in [-0.15, -0.1) is 10.2 Å². The van der Waals surface area contributed by atoms with Crippen LogP contribution in [0.2, 0.25) is 0 Å². The molecule has 1 aliphatic rings. The molecule has 2 N–H and O–H groups in total. The number of hydrogen-bond acceptors (Lipinski definition) is 7. The highest BCUT2D eigenvalue weighted by Gasteiger charge is 2.24. The number of H-pyrrole nitrogens is 1. The van der Waals surface area contributed by atoms with Gasteiger partial charge in [-0.1, -0.05) is 36.4 Å². The Balaban J connectivity index is 1.17. The lowest BCUT2D eigenvalue weighted by Crippen LogP contribution is -2.13. The van der Waals surface area contributed by atoms with E-state index in [1.807, 2.05) is 18.2 Å². The van der Waals surface area contributed by atoms with Crippen LogP contribution in [0.3, 0.4) is 0 Å². The minimum absolute atomic E-state index is 0.105. The molecule has 5 aromatic rings. The van der Waals surface area contributed by atoms with Crippen molar-refractivity contribution in [2.24, 2.45) is 0 Å². The first-order chi connectivity index (χ1) is 18.1. The average molecular weight is 494 g/mol. The largest absolute Gasteiger partial charge is 0.490 e. The molecule has 3 aromatic carbocycles. The van der Waals surface area contributed by atoms with Crippen molar-refractivity contribution >= 4 is 22.6 Å². The fraction of sp³-hybridized carbons (Fsp3) is 0.179. The van der Waals surface area contributed by atoms with Crippen LogP contribution in [0.15, 0.2) is 82.0 Å². The molecule has 1 aliphatic heterocycles. The number of aromatic nitrogens is 4. The molecule has 1 atom stereocenters. The molecular formula is C28H23N5O4. The van der Waals surface area contributed by atoms with Crippen molar-refractivity contribution in [2.75, 3.05) is 5.32 Å². The summed E-state index contributed by atoms with van der Waals surface area (Å²) in [5.74, 6) is 0.815. The molecule has 0 spiro atoms. The summed E-state index contributed by atoms with van der Waals surface area (Å²) in [7, 11) is 0. The SMILES string of the molecule is O=C(Nc1cccc2c(=O)cc(-c3nn[nH]n3)oc12)c1ccc2c(c1)CC(CCCc1ccccc1)O2. The normalized spacial score (nSPS) is 14.3. The van der Waals surface area contributed by atoms with E-state index < -0.39 is 0 Å². The Morgan fingerprint density at radius 1 is 1.05 bits per heavy atom. The van der Waals surface area contributed by atoms with Crippen LogP contribution >= 0.6 is 0 Å². The van der Waals surface area contributed by atoms with Crippen LogP contribution in [0.4, 0.5) is 5.69 Å². The first-order valence-corrected chi connectivity index (χ1v) is 12.1. The van der Waals surface area contributed by atoms with Gasteiger partial charge >= 0.3 is 0 Å². The number of benzene rings is 3. The van der Waals surface area contributed by atoms with Crippen LogP contribution in [0, 0.1) is 0 Å². The number of carbonyl (C=O) groups is 1. The van der Waals surface area contributed by atoms with Crippen LogP contribution in [-0.2, 0) is 12.8 Å². The summed E-state index contributed by atoms with van der Waals surface area (Å²) in [6, 6.07) is 22.2. The number of anilines is 1. The maximum absolute atomic E-state index is 13.2. The van der Waals surface area contributed by atoms with E-state index >= 15 is 0 Å². The van der Waals surface area contributed by atoms with Gasteiger partial charge in [0.25, 0.3) is 5.91 Å². The molecule has 6 rings (SSSR count). The summed E-state index contributed by atoms with van der Waals surface area (Å²) < 4.78 is 12.0. The van der Waals surface area contributed by atoms with E-state index in [2.05, 4.69) is 50.2 Å². The number of rotatable bonds is 7. The van der Waals surface area contributed by atoms with Crippen molar-refractivity contribution < 1.29 is 13.9 Å². The van der Waals surface area contributed by atoms with Gasteiger partial charge in [0, 0.05) is 18.1 Å². The molecule has 3 heterocycles. The number of aromatic amines is 1. The van der Waals surface area contributed by atoms with Crippen LogP contribution < -0.4 is 15.5 Å². The van der Waals surface area contributed by atoms with E-state index in [-0.39, 0.29) is 34.6 Å². The Labute approximate surface area is 211 Å². The summed E-state index contributed by atoms with van der Waals surface area (Å²) in [5, 5.41) is 16.8. The van der Waals surface area contributed by atoms with Crippen LogP contribution in [-0.4, -0.2) is 32.6 Å². The van der Waals surface area contributed by atoms with E-state index in [1.54, 1.807) is 24.3 Å². The zero-order valence-electron chi connectivity index (χ0n) is 19.8. The number of hydrogen-bond donors (Lipinski definition) is 2. The molecule has 0 radical (unpaired) electrons. The Morgan fingerprint density at radius 3 is 2.78 bits per heavy atom. The zero-order valence-corrected chi connectivity index (χ0v) is 19.8. The second-order valence-corrected chi connectivity index (χ2v) is 8.99. The van der Waals surface area contributed by atoms with Crippen molar-refractivity contribution in [3.63, 3.8) is 0 Å². The van der Waals surface area contributed by atoms with Gasteiger partial charge in [-0.2, -0.15) is 5.21 Å². The maximum Gasteiger partial charge on any atom is 0.255 e. The quantitative estimate of drug-likeness (QED) is 0.341. The maximum atomic E-state index is 13.2. The number of ether oxygens (including phenoxy) is 1. The average Bonchev–Trinajstić information content (AvgIpc) is 3.59. The monoisotopic (exact) mass is 493 g/mol. The summed E-state index contributed by atoms with van der Waals surface area (Å²) in [6.45, 7) is 0. The number of amides is 1. The smallest absolute Gasteiger partial charge is 0.255 e. The topological polar surface area (TPSA) is 123 Å². The van der Waals surface area contributed by atoms with Crippen molar-refractivity contribution in [1.29, 1.82) is 0 Å². The molecule has 0 saturated heterocycles. The minimum atomic E-state index is -0.310. The molecule has 1 unspecified atom stereocenters. The fourth-order valence-electron chi connectivity index (χ4n) is 4.65. The summed E-state index contributed by atoms with van der Waals surface area (Å²) in [5.41, 5.74) is 3.18. The van der Waals surface area contributed by atoms with Gasteiger partial charge in [-0.25, -0.2) is 0 Å². The molecule has 9 nitrogen and oxygen atoms in total. The number of nitrogens with zero attached hydrogens (tertiary/aromatic N) is 3. The first-order valence-electron chi connectivity index (χ1n) is 12.1. The van der Waals surface area contributed by atoms with Crippen LogP contribution in [0.1, 0.15) is 34.3 Å². The summed E-state index contributed by atoms with van der Waals surface area (Å²) in [4.78, 5) is 25.8. The molecular weight excluding hydrogens is 470 g/mol. The van der Waals surface area contributed by atoms with Gasteiger partial charge in [0.1, 0.15) is 11.9 Å². The Kier molecular flexibility index (Phi) is 5.94. The molecule has 0 aliphatic carbocycles. The van der Waals surface area contributed by atoms with Crippen LogP contribution in [0.25, 0.3) is 22.6 Å². The van der Waals surface area contributed by atoms with Crippen molar-refractivity contribution in [2.45, 2.75) is 31.8 Å². The third-order valence-electron chi connectivity index (χ3n) is 6.47. The molecule has 184 valence electrons. The zero-order chi connectivity index (χ0) is 25.2. The van der Waals surface area contributed by atoms with Gasteiger partial charge in [0.15, 0.2) is 16.8 Å². The molecule has 37 heavy (non-hydrogen) atoms. The van der Waals surface area contributed by atoms with E-state index in [0.717, 1.165) is 37.0 Å². The van der Waals surface area contributed by atoms with E-state index in [0.29, 0.717) is 16.6 Å². The lowest BCUT2D eigenvalue weighted by Gasteiger charge is -2.10. The van der Waals surface area contributed by atoms with Gasteiger partial charge in [0.05, 0.1) is 11.1 Å². The molecule has 1 amide bonds. The third kappa shape index (κ3) is 4.71. The molecule has 0 fully saturated rings. The minimum Gasteiger partial charge on any atom is -0.490 e. The number of nitrogens with one attached hydrogen (secondary N) is 2. The Hall–Kier alpha value is -4.79. The van der Waals surface area contributed by atoms with Gasteiger partial charge in [-0.3, -0.25) is 9.59 Å². The highest BCUT2D eigenvalue weighted by atomic mass is 16.5. The molecule has 2 aromatic heterocycles. The van der Waals surface area contributed by atoms with Gasteiger partial charge in [0.2, 0.25) is 5.82 Å². The van der Waals surface area contributed by atoms with E-state index in [4.69, 9.17) is 9.15 Å². The van der Waals surface area contributed by atoms with E-state index in [9.17, 15) is 9.59 Å².